The van der Waals surface area contributed by atoms with Crippen LogP contribution >= 0.6 is 0 Å². The molecule has 1 aliphatic carbocycles. The molecule has 1 aliphatic rings. The lowest BCUT2D eigenvalue weighted by molar-refractivity contribution is 0.266. The molecule has 14 heavy (non-hydrogen) atoms. The van der Waals surface area contributed by atoms with E-state index < -0.39 is 0 Å². The van der Waals surface area contributed by atoms with Crippen LogP contribution in [-0.4, -0.2) is 10.3 Å². The maximum Gasteiger partial charge on any atom is 0.171 e. The second-order valence-corrected chi connectivity index (χ2v) is 3.43. The van der Waals surface area contributed by atoms with E-state index in [2.05, 4.69) is 11.2 Å². The van der Waals surface area contributed by atoms with Gasteiger partial charge in [-0.3, -0.25) is 0 Å². The third-order valence-corrected chi connectivity index (χ3v) is 2.65. The van der Waals surface area contributed by atoms with Crippen molar-refractivity contribution >= 4 is 0 Å². The van der Waals surface area contributed by atoms with Crippen LogP contribution < -0.4 is 0 Å². The third kappa shape index (κ3) is 0.873. The molecule has 1 N–H and O–H groups in total. The molecule has 0 aliphatic heterocycles. The van der Waals surface area contributed by atoms with Gasteiger partial charge >= 0.3 is 0 Å². The summed E-state index contributed by atoms with van der Waals surface area (Å²) >= 11 is 0. The average molecular weight is 187 g/mol. The van der Waals surface area contributed by atoms with Crippen LogP contribution in [0, 0.1) is 0 Å². The molecule has 1 aromatic heterocycles. The summed E-state index contributed by atoms with van der Waals surface area (Å²) in [5.74, 6) is 0.824. The fourth-order valence-electron chi connectivity index (χ4n) is 1.95. The minimum atomic E-state index is -0.0488. The smallest absolute Gasteiger partial charge is 0.171 e. The van der Waals surface area contributed by atoms with Gasteiger partial charge in [0.05, 0.1) is 6.61 Å². The van der Waals surface area contributed by atoms with Crippen molar-refractivity contribution in [3.63, 3.8) is 0 Å². The van der Waals surface area contributed by atoms with Crippen molar-refractivity contribution in [2.24, 2.45) is 0 Å². The van der Waals surface area contributed by atoms with E-state index in [0.717, 1.165) is 23.3 Å². The highest BCUT2D eigenvalue weighted by Gasteiger charge is 2.25. The van der Waals surface area contributed by atoms with E-state index in [1.165, 1.54) is 5.56 Å². The Bertz CT molecular complexity index is 488. The molecule has 0 unspecified atom stereocenters. The molecule has 1 heterocycles. The van der Waals surface area contributed by atoms with Crippen LogP contribution in [0.25, 0.3) is 11.3 Å². The SMILES string of the molecule is OCc1noc2c1Cc1ccccc1-2. The standard InChI is InChI=1S/C11H9NO2/c13-6-10-9-5-7-3-1-2-4-8(7)11(9)14-12-10/h1-4,13H,5-6H2. The van der Waals surface area contributed by atoms with Crippen LogP contribution in [0.4, 0.5) is 0 Å². The first kappa shape index (κ1) is 7.76. The molecule has 2 aromatic rings. The lowest BCUT2D eigenvalue weighted by Gasteiger charge is -1.95. The van der Waals surface area contributed by atoms with Gasteiger partial charge in [-0.05, 0) is 5.56 Å². The largest absolute Gasteiger partial charge is 0.390 e. The highest BCUT2D eigenvalue weighted by molar-refractivity contribution is 5.72. The minimum absolute atomic E-state index is 0.0488. The fraction of sp³-hybridized carbons (Fsp3) is 0.182. The van der Waals surface area contributed by atoms with E-state index in [1.54, 1.807) is 0 Å². The quantitative estimate of drug-likeness (QED) is 0.631. The van der Waals surface area contributed by atoms with Gasteiger partial charge in [0.1, 0.15) is 5.69 Å². The summed E-state index contributed by atoms with van der Waals surface area (Å²) < 4.78 is 5.21. The maximum atomic E-state index is 9.05. The maximum absolute atomic E-state index is 9.05. The van der Waals surface area contributed by atoms with Gasteiger partial charge in [-0.2, -0.15) is 0 Å². The number of hydrogen-bond donors (Lipinski definition) is 1. The van der Waals surface area contributed by atoms with Crippen LogP contribution in [0.5, 0.6) is 0 Å². The van der Waals surface area contributed by atoms with Crippen LogP contribution in [0.2, 0.25) is 0 Å². The lowest BCUT2D eigenvalue weighted by Crippen LogP contribution is -1.89. The summed E-state index contributed by atoms with van der Waals surface area (Å²) in [6.07, 6.45) is 0.824. The first-order valence-corrected chi connectivity index (χ1v) is 4.56. The number of aliphatic hydroxyl groups excluding tert-OH is 1. The van der Waals surface area contributed by atoms with Crippen LogP contribution in [0.15, 0.2) is 28.8 Å². The molecular formula is C11H9NO2. The van der Waals surface area contributed by atoms with Gasteiger partial charge in [0.15, 0.2) is 5.76 Å². The summed E-state index contributed by atoms with van der Waals surface area (Å²) in [7, 11) is 0. The molecule has 0 saturated heterocycles. The van der Waals surface area contributed by atoms with E-state index in [4.69, 9.17) is 9.63 Å². The Hall–Kier alpha value is -1.61. The van der Waals surface area contributed by atoms with E-state index in [9.17, 15) is 0 Å². The number of benzene rings is 1. The normalized spacial score (nSPS) is 12.6. The summed E-state index contributed by atoms with van der Waals surface area (Å²) in [5.41, 5.74) is 4.05. The molecule has 0 radical (unpaired) electrons. The molecule has 0 amide bonds. The second kappa shape index (κ2) is 2.69. The van der Waals surface area contributed by atoms with E-state index >= 15 is 0 Å². The molecule has 0 saturated carbocycles. The van der Waals surface area contributed by atoms with Gasteiger partial charge < -0.3 is 9.63 Å². The Kier molecular flexibility index (Phi) is 1.49. The molecule has 0 bridgehead atoms. The van der Waals surface area contributed by atoms with E-state index in [0.29, 0.717) is 5.69 Å². The number of fused-ring (bicyclic) bond motifs is 3. The molecule has 3 heteroatoms. The van der Waals surface area contributed by atoms with Crippen LogP contribution in [0.3, 0.4) is 0 Å². The Morgan fingerprint density at radius 2 is 2.21 bits per heavy atom. The van der Waals surface area contributed by atoms with Gasteiger partial charge in [0, 0.05) is 17.5 Å². The zero-order valence-corrected chi connectivity index (χ0v) is 7.53. The Morgan fingerprint density at radius 1 is 1.36 bits per heavy atom. The van der Waals surface area contributed by atoms with Crippen molar-refractivity contribution in [3.8, 4) is 11.3 Å². The summed E-state index contributed by atoms with van der Waals surface area (Å²) in [6.45, 7) is -0.0488. The van der Waals surface area contributed by atoms with Crippen molar-refractivity contribution < 1.29 is 9.63 Å². The number of nitrogens with zero attached hydrogens (tertiary/aromatic N) is 1. The van der Waals surface area contributed by atoms with Gasteiger partial charge in [0.2, 0.25) is 0 Å². The molecule has 1 aromatic carbocycles. The van der Waals surface area contributed by atoms with Crippen molar-refractivity contribution in [2.45, 2.75) is 13.0 Å². The monoisotopic (exact) mass is 187 g/mol. The number of rotatable bonds is 1. The Morgan fingerprint density at radius 3 is 3.07 bits per heavy atom. The second-order valence-electron chi connectivity index (χ2n) is 3.43. The first-order valence-electron chi connectivity index (χ1n) is 4.56. The summed E-state index contributed by atoms with van der Waals surface area (Å²) in [6, 6.07) is 8.09. The average Bonchev–Trinajstić information content (AvgIpc) is 2.75. The van der Waals surface area contributed by atoms with Crippen LogP contribution in [-0.2, 0) is 13.0 Å². The van der Waals surface area contributed by atoms with E-state index in [-0.39, 0.29) is 6.61 Å². The highest BCUT2D eigenvalue weighted by atomic mass is 16.5. The predicted molar refractivity (Wildman–Crippen MR) is 50.7 cm³/mol. The van der Waals surface area contributed by atoms with Gasteiger partial charge in [0.25, 0.3) is 0 Å². The summed E-state index contributed by atoms with van der Waals surface area (Å²) in [5, 5.41) is 12.9. The van der Waals surface area contributed by atoms with E-state index in [1.807, 2.05) is 18.2 Å². The molecule has 70 valence electrons. The molecule has 0 spiro atoms. The van der Waals surface area contributed by atoms with Crippen molar-refractivity contribution in [3.05, 3.63) is 41.1 Å². The molecular weight excluding hydrogens is 178 g/mol. The lowest BCUT2D eigenvalue weighted by atomic mass is 10.1. The molecule has 3 nitrogen and oxygen atoms in total. The highest BCUT2D eigenvalue weighted by Crippen LogP contribution is 2.37. The third-order valence-electron chi connectivity index (χ3n) is 2.65. The number of aromatic nitrogens is 1. The zero-order valence-electron chi connectivity index (χ0n) is 7.53. The fourth-order valence-corrected chi connectivity index (χ4v) is 1.95. The van der Waals surface area contributed by atoms with Gasteiger partial charge in [-0.1, -0.05) is 29.4 Å². The Balaban J connectivity index is 2.23. The number of hydrogen-bond acceptors (Lipinski definition) is 3. The van der Waals surface area contributed by atoms with Gasteiger partial charge in [-0.15, -0.1) is 0 Å². The Labute approximate surface area is 81.0 Å². The number of aliphatic hydroxyl groups is 1. The van der Waals surface area contributed by atoms with Crippen LogP contribution in [0.1, 0.15) is 16.8 Å². The van der Waals surface area contributed by atoms with Crippen molar-refractivity contribution in [2.75, 3.05) is 0 Å². The minimum Gasteiger partial charge on any atom is -0.390 e. The van der Waals surface area contributed by atoms with Gasteiger partial charge in [-0.25, -0.2) is 0 Å². The van der Waals surface area contributed by atoms with Crippen molar-refractivity contribution in [1.82, 2.24) is 5.16 Å². The molecule has 0 fully saturated rings. The summed E-state index contributed by atoms with van der Waals surface area (Å²) in [4.78, 5) is 0. The molecule has 0 atom stereocenters. The molecule has 3 rings (SSSR count). The topological polar surface area (TPSA) is 46.3 Å². The predicted octanol–water partition coefficient (Wildman–Crippen LogP) is 1.74. The first-order chi connectivity index (χ1) is 6.90. The zero-order chi connectivity index (χ0) is 9.54. The van der Waals surface area contributed by atoms with Crippen molar-refractivity contribution in [1.29, 1.82) is 0 Å².